The lowest BCUT2D eigenvalue weighted by atomic mass is 9.89. The fraction of sp³-hybridized carbons (Fsp3) is 0.400. The minimum Gasteiger partial charge on any atom is -0.481 e. The fourth-order valence-corrected chi connectivity index (χ4v) is 4.53. The van der Waals surface area contributed by atoms with Crippen LogP contribution in [0.5, 0.6) is 0 Å². The maximum absolute atomic E-state index is 13.6. The van der Waals surface area contributed by atoms with Gasteiger partial charge in [-0.25, -0.2) is 4.79 Å². The van der Waals surface area contributed by atoms with Gasteiger partial charge < -0.3 is 20.5 Å². The highest BCUT2D eigenvalue weighted by Gasteiger charge is 2.47. The first-order chi connectivity index (χ1) is 16.4. The molecular weight excluding hydrogens is 465 g/mol. The monoisotopic (exact) mass is 492 g/mol. The quantitative estimate of drug-likeness (QED) is 0.509. The van der Waals surface area contributed by atoms with E-state index in [1.807, 2.05) is 48.5 Å². The first-order valence-corrected chi connectivity index (χ1v) is 11.1. The molecule has 2 amide bonds. The van der Waals surface area contributed by atoms with Crippen molar-refractivity contribution >= 4 is 18.0 Å². The van der Waals surface area contributed by atoms with E-state index in [2.05, 4.69) is 5.32 Å². The summed E-state index contributed by atoms with van der Waals surface area (Å²) in [6, 6.07) is 10.9. The van der Waals surface area contributed by atoms with Crippen molar-refractivity contribution in [1.29, 1.82) is 0 Å². The molecule has 3 unspecified atom stereocenters. The second kappa shape index (κ2) is 10.4. The van der Waals surface area contributed by atoms with Crippen molar-refractivity contribution in [2.45, 2.75) is 44.9 Å². The number of carboxylic acid groups (broad SMARTS) is 1. The highest BCUT2D eigenvalue weighted by Crippen LogP contribution is 2.44. The van der Waals surface area contributed by atoms with Crippen LogP contribution in [0.2, 0.25) is 0 Å². The second-order valence-corrected chi connectivity index (χ2v) is 8.85. The molecule has 0 aromatic heterocycles. The standard InChI is InChI=1S/C25H27F3N2O5/c1-13(2)20(23(32)33)14(3)29-22(31)21(25(26,27)28)30-24(34)35-12-19-17-10-6-4-8-15(17)16-9-5-7-11-18(16)19/h4-11,13-14,19-21H,12H2,1-3H3,(H,29,31)(H,30,34)(H,32,33). The van der Waals surface area contributed by atoms with E-state index >= 15 is 0 Å². The van der Waals surface area contributed by atoms with Crippen LogP contribution in [0, 0.1) is 11.8 Å². The maximum Gasteiger partial charge on any atom is 0.417 e. The summed E-state index contributed by atoms with van der Waals surface area (Å²) in [7, 11) is 0. The van der Waals surface area contributed by atoms with Crippen LogP contribution in [0.15, 0.2) is 48.5 Å². The largest absolute Gasteiger partial charge is 0.481 e. The van der Waals surface area contributed by atoms with E-state index in [0.717, 1.165) is 22.3 Å². The van der Waals surface area contributed by atoms with E-state index in [-0.39, 0.29) is 12.5 Å². The van der Waals surface area contributed by atoms with Gasteiger partial charge in [-0.1, -0.05) is 62.4 Å². The van der Waals surface area contributed by atoms with E-state index in [0.29, 0.717) is 0 Å². The molecule has 1 aliphatic rings. The highest BCUT2D eigenvalue weighted by molar-refractivity contribution is 5.87. The SMILES string of the molecule is CC(C)C(C(=O)O)C(C)NC(=O)C(NC(=O)OCC1c2ccccc2-c2ccccc21)C(F)(F)F. The third-order valence-electron chi connectivity index (χ3n) is 6.11. The van der Waals surface area contributed by atoms with Gasteiger partial charge in [0.1, 0.15) is 6.61 Å². The Morgan fingerprint density at radius 3 is 1.91 bits per heavy atom. The second-order valence-electron chi connectivity index (χ2n) is 8.85. The summed E-state index contributed by atoms with van der Waals surface area (Å²) in [5.41, 5.74) is 3.68. The minimum atomic E-state index is -5.12. The molecule has 3 N–H and O–H groups in total. The van der Waals surface area contributed by atoms with Gasteiger partial charge in [-0.2, -0.15) is 13.2 Å². The number of amides is 2. The Balaban J connectivity index is 1.69. The Kier molecular flexibility index (Phi) is 7.72. The molecule has 188 valence electrons. The summed E-state index contributed by atoms with van der Waals surface area (Å²) in [6.07, 6.45) is -6.53. The van der Waals surface area contributed by atoms with Crippen molar-refractivity contribution < 1.29 is 37.4 Å². The molecule has 0 fully saturated rings. The van der Waals surface area contributed by atoms with Crippen LogP contribution in [-0.2, 0) is 14.3 Å². The number of hydrogen-bond donors (Lipinski definition) is 3. The molecule has 35 heavy (non-hydrogen) atoms. The number of alkyl halides is 3. The predicted octanol–water partition coefficient (Wildman–Crippen LogP) is 4.32. The van der Waals surface area contributed by atoms with Crippen molar-refractivity contribution in [3.8, 4) is 11.1 Å². The summed E-state index contributed by atoms with van der Waals surface area (Å²) in [5.74, 6) is -4.73. The highest BCUT2D eigenvalue weighted by atomic mass is 19.4. The number of carbonyl (C=O) groups is 3. The molecule has 0 spiro atoms. The number of aliphatic carboxylic acids is 1. The van der Waals surface area contributed by atoms with E-state index in [9.17, 15) is 32.7 Å². The summed E-state index contributed by atoms with van der Waals surface area (Å²) in [4.78, 5) is 36.1. The van der Waals surface area contributed by atoms with Gasteiger partial charge in [-0.15, -0.1) is 0 Å². The third kappa shape index (κ3) is 5.75. The Hall–Kier alpha value is -3.56. The van der Waals surface area contributed by atoms with Crippen LogP contribution in [0.4, 0.5) is 18.0 Å². The molecule has 0 radical (unpaired) electrons. The number of rotatable bonds is 8. The predicted molar refractivity (Wildman–Crippen MR) is 122 cm³/mol. The van der Waals surface area contributed by atoms with Crippen LogP contribution in [0.1, 0.15) is 37.8 Å². The first-order valence-electron chi connectivity index (χ1n) is 11.1. The van der Waals surface area contributed by atoms with Crippen LogP contribution in [0.3, 0.4) is 0 Å². The summed E-state index contributed by atoms with van der Waals surface area (Å²) in [6.45, 7) is 4.24. The number of carbonyl (C=O) groups excluding carboxylic acids is 2. The molecule has 1 aliphatic carbocycles. The van der Waals surface area contributed by atoms with Crippen molar-refractivity contribution in [1.82, 2.24) is 10.6 Å². The average molecular weight is 492 g/mol. The molecule has 2 aromatic rings. The number of alkyl carbamates (subject to hydrolysis) is 1. The lowest BCUT2D eigenvalue weighted by Crippen LogP contribution is -2.58. The topological polar surface area (TPSA) is 105 Å². The van der Waals surface area contributed by atoms with Crippen molar-refractivity contribution in [2.75, 3.05) is 6.61 Å². The molecular formula is C25H27F3N2O5. The number of carboxylic acids is 1. The zero-order valence-electron chi connectivity index (χ0n) is 19.4. The number of benzene rings is 2. The van der Waals surface area contributed by atoms with E-state index in [1.54, 1.807) is 19.2 Å². The molecule has 0 saturated carbocycles. The molecule has 0 heterocycles. The van der Waals surface area contributed by atoms with Gasteiger partial charge >= 0.3 is 18.2 Å². The van der Waals surface area contributed by atoms with Crippen molar-refractivity contribution in [3.63, 3.8) is 0 Å². The van der Waals surface area contributed by atoms with E-state index in [1.165, 1.54) is 6.92 Å². The number of fused-ring (bicyclic) bond motifs is 3. The molecule has 7 nitrogen and oxygen atoms in total. The van der Waals surface area contributed by atoms with Gasteiger partial charge in [0, 0.05) is 12.0 Å². The Labute approximate surface area is 200 Å². The van der Waals surface area contributed by atoms with Gasteiger partial charge in [-0.3, -0.25) is 9.59 Å². The molecule has 0 saturated heterocycles. The zero-order valence-corrected chi connectivity index (χ0v) is 19.4. The van der Waals surface area contributed by atoms with Crippen LogP contribution in [0.25, 0.3) is 11.1 Å². The van der Waals surface area contributed by atoms with Crippen molar-refractivity contribution in [3.05, 3.63) is 59.7 Å². The molecule has 3 atom stereocenters. The fourth-order valence-electron chi connectivity index (χ4n) is 4.53. The molecule has 2 aromatic carbocycles. The van der Waals surface area contributed by atoms with Gasteiger partial charge in [0.2, 0.25) is 6.04 Å². The van der Waals surface area contributed by atoms with Crippen molar-refractivity contribution in [2.24, 2.45) is 11.8 Å². The molecule has 0 aliphatic heterocycles. The molecule has 3 rings (SSSR count). The Bertz CT molecular complexity index is 1060. The number of halogens is 3. The van der Waals surface area contributed by atoms with Gasteiger partial charge in [0.25, 0.3) is 5.91 Å². The van der Waals surface area contributed by atoms with Crippen LogP contribution >= 0.6 is 0 Å². The first kappa shape index (κ1) is 26.1. The maximum atomic E-state index is 13.6. The molecule has 10 heteroatoms. The number of hydrogen-bond acceptors (Lipinski definition) is 4. The Morgan fingerprint density at radius 1 is 0.943 bits per heavy atom. The van der Waals surface area contributed by atoms with Gasteiger partial charge in [0.05, 0.1) is 5.92 Å². The molecule has 0 bridgehead atoms. The smallest absolute Gasteiger partial charge is 0.417 e. The number of ether oxygens (including phenoxy) is 1. The van der Waals surface area contributed by atoms with Gasteiger partial charge in [0.15, 0.2) is 0 Å². The third-order valence-corrected chi connectivity index (χ3v) is 6.11. The number of nitrogens with one attached hydrogen (secondary N) is 2. The van der Waals surface area contributed by atoms with Crippen LogP contribution < -0.4 is 10.6 Å². The summed E-state index contributed by atoms with van der Waals surface area (Å²) >= 11 is 0. The summed E-state index contributed by atoms with van der Waals surface area (Å²) in [5, 5.41) is 13.0. The van der Waals surface area contributed by atoms with E-state index < -0.39 is 48.1 Å². The lowest BCUT2D eigenvalue weighted by Gasteiger charge is -2.27. The minimum absolute atomic E-state index is 0.225. The van der Waals surface area contributed by atoms with Gasteiger partial charge in [-0.05, 0) is 35.1 Å². The summed E-state index contributed by atoms with van der Waals surface area (Å²) < 4.78 is 45.9. The average Bonchev–Trinajstić information content (AvgIpc) is 3.08. The van der Waals surface area contributed by atoms with E-state index in [4.69, 9.17) is 4.74 Å². The Morgan fingerprint density at radius 2 is 1.46 bits per heavy atom. The lowest BCUT2D eigenvalue weighted by molar-refractivity contribution is -0.168. The normalized spacial score (nSPS) is 15.5. The zero-order chi connectivity index (χ0) is 25.9. The van der Waals surface area contributed by atoms with Crippen LogP contribution in [-0.4, -0.2) is 47.9 Å².